The molecule has 2 aromatic rings. The summed E-state index contributed by atoms with van der Waals surface area (Å²) >= 11 is 5.66. The van der Waals surface area contributed by atoms with Crippen LogP contribution in [0.15, 0.2) is 58.5 Å². The molecule has 1 aliphatic heterocycles. The van der Waals surface area contributed by atoms with E-state index in [1.165, 1.54) is 12.1 Å². The molecule has 0 saturated heterocycles. The molecule has 136 valence electrons. The molecular weight excluding hydrogens is 357 g/mol. The van der Waals surface area contributed by atoms with E-state index < -0.39 is 5.82 Å². The van der Waals surface area contributed by atoms with Gasteiger partial charge in [0.05, 0.1) is 11.6 Å². The average molecular weight is 376 g/mol. The van der Waals surface area contributed by atoms with E-state index in [1.807, 2.05) is 35.2 Å². The highest BCUT2D eigenvalue weighted by Crippen LogP contribution is 2.25. The van der Waals surface area contributed by atoms with E-state index in [0.29, 0.717) is 31.3 Å². The number of benzene rings is 2. The minimum absolute atomic E-state index is 0.0656. The Bertz CT molecular complexity index is 828. The van der Waals surface area contributed by atoms with Crippen LogP contribution in [0.2, 0.25) is 5.02 Å². The number of guanidine groups is 2. The van der Waals surface area contributed by atoms with Gasteiger partial charge in [0.2, 0.25) is 11.9 Å². The molecule has 4 N–H and O–H groups in total. The van der Waals surface area contributed by atoms with E-state index in [2.05, 4.69) is 9.98 Å². The molecule has 0 saturated carbocycles. The molecule has 8 heteroatoms. The van der Waals surface area contributed by atoms with Crippen molar-refractivity contribution in [1.82, 2.24) is 4.90 Å². The Morgan fingerprint density at radius 1 is 1.15 bits per heavy atom. The van der Waals surface area contributed by atoms with E-state index in [1.54, 1.807) is 6.07 Å². The second kappa shape index (κ2) is 8.05. The topological polar surface area (TPSA) is 89.2 Å². The van der Waals surface area contributed by atoms with Crippen molar-refractivity contribution in [2.75, 3.05) is 13.2 Å². The predicted molar refractivity (Wildman–Crippen MR) is 101 cm³/mol. The van der Waals surface area contributed by atoms with Crippen LogP contribution in [-0.4, -0.2) is 30.0 Å². The molecule has 0 aliphatic carbocycles. The molecule has 0 bridgehead atoms. The Kier molecular flexibility index (Phi) is 5.58. The Labute approximate surface area is 155 Å². The second-order valence-electron chi connectivity index (χ2n) is 5.71. The van der Waals surface area contributed by atoms with Crippen LogP contribution in [0.3, 0.4) is 0 Å². The van der Waals surface area contributed by atoms with Crippen LogP contribution in [0.25, 0.3) is 0 Å². The molecule has 1 heterocycles. The lowest BCUT2D eigenvalue weighted by atomic mass is 10.1. The monoisotopic (exact) mass is 375 g/mol. The van der Waals surface area contributed by atoms with Crippen molar-refractivity contribution >= 4 is 23.5 Å². The zero-order chi connectivity index (χ0) is 18.5. The summed E-state index contributed by atoms with van der Waals surface area (Å²) < 4.78 is 19.0. The van der Waals surface area contributed by atoms with Crippen molar-refractivity contribution in [1.29, 1.82) is 0 Å². The minimum Gasteiger partial charge on any atom is -0.493 e. The number of ether oxygens (including phenoxy) is 1. The average Bonchev–Trinajstić information content (AvgIpc) is 2.63. The van der Waals surface area contributed by atoms with Gasteiger partial charge in [0.15, 0.2) is 6.17 Å². The lowest BCUT2D eigenvalue weighted by Gasteiger charge is -2.32. The summed E-state index contributed by atoms with van der Waals surface area (Å²) in [4.78, 5) is 10.3. The second-order valence-corrected chi connectivity index (χ2v) is 6.12. The first-order chi connectivity index (χ1) is 12.5. The molecule has 0 spiro atoms. The Balaban J connectivity index is 1.61. The number of halogens is 2. The molecule has 2 aromatic carbocycles. The maximum Gasteiger partial charge on any atom is 0.220 e. The number of nitrogens with zero attached hydrogens (tertiary/aromatic N) is 3. The number of nitrogens with two attached hydrogens (primary N) is 2. The lowest BCUT2D eigenvalue weighted by Crippen LogP contribution is -2.44. The fourth-order valence-electron chi connectivity index (χ4n) is 2.64. The first-order valence-electron chi connectivity index (χ1n) is 8.11. The van der Waals surface area contributed by atoms with Crippen molar-refractivity contribution in [3.63, 3.8) is 0 Å². The van der Waals surface area contributed by atoms with Crippen LogP contribution in [0.5, 0.6) is 5.75 Å². The summed E-state index contributed by atoms with van der Waals surface area (Å²) in [5.74, 6) is 0.379. The molecule has 1 atom stereocenters. The zero-order valence-corrected chi connectivity index (χ0v) is 14.7. The normalized spacial score (nSPS) is 16.8. The van der Waals surface area contributed by atoms with Crippen molar-refractivity contribution in [2.24, 2.45) is 21.5 Å². The van der Waals surface area contributed by atoms with Crippen molar-refractivity contribution < 1.29 is 9.13 Å². The third-order valence-electron chi connectivity index (χ3n) is 3.87. The Hall–Kier alpha value is -2.80. The van der Waals surface area contributed by atoms with Crippen molar-refractivity contribution in [2.45, 2.75) is 12.6 Å². The highest BCUT2D eigenvalue weighted by atomic mass is 35.5. The van der Waals surface area contributed by atoms with Crippen LogP contribution in [0.1, 0.15) is 18.2 Å². The molecule has 0 aromatic heterocycles. The standard InChI is InChI=1S/C18H19ClFN5O/c19-14-8-7-13(11-15(14)20)26-10-4-9-25-16(12-5-2-1-3-6-12)23-17(21)24-18(25)22/h1-3,5-8,11,16H,4,9-10H2,(H4,21,22,23,24). The molecule has 1 unspecified atom stereocenters. The van der Waals surface area contributed by atoms with Gasteiger partial charge in [-0.2, -0.15) is 4.99 Å². The largest absolute Gasteiger partial charge is 0.493 e. The first kappa shape index (κ1) is 18.0. The van der Waals surface area contributed by atoms with Crippen LogP contribution in [-0.2, 0) is 0 Å². The van der Waals surface area contributed by atoms with E-state index >= 15 is 0 Å². The van der Waals surface area contributed by atoms with Crippen LogP contribution < -0.4 is 16.2 Å². The number of rotatable bonds is 6. The molecule has 0 radical (unpaired) electrons. The third-order valence-corrected chi connectivity index (χ3v) is 4.18. The number of aliphatic imine (C=N–C) groups is 2. The number of hydrogen-bond acceptors (Lipinski definition) is 6. The Morgan fingerprint density at radius 2 is 1.92 bits per heavy atom. The lowest BCUT2D eigenvalue weighted by molar-refractivity contribution is 0.257. The van der Waals surface area contributed by atoms with Crippen molar-refractivity contribution in [3.8, 4) is 5.75 Å². The minimum atomic E-state index is -0.509. The maximum absolute atomic E-state index is 13.4. The van der Waals surface area contributed by atoms with Gasteiger partial charge in [0, 0.05) is 12.6 Å². The summed E-state index contributed by atoms with van der Waals surface area (Å²) in [6.07, 6.45) is 0.306. The van der Waals surface area contributed by atoms with Gasteiger partial charge in [-0.3, -0.25) is 0 Å². The number of hydrogen-bond donors (Lipinski definition) is 2. The molecule has 0 amide bonds. The summed E-state index contributed by atoms with van der Waals surface area (Å²) in [5, 5.41) is 0.0656. The summed E-state index contributed by atoms with van der Waals surface area (Å²) in [5.41, 5.74) is 12.8. The molecular formula is C18H19ClFN5O. The van der Waals surface area contributed by atoms with E-state index in [4.69, 9.17) is 27.8 Å². The van der Waals surface area contributed by atoms with Crippen LogP contribution in [0.4, 0.5) is 4.39 Å². The Morgan fingerprint density at radius 3 is 2.65 bits per heavy atom. The fraction of sp³-hybridized carbons (Fsp3) is 0.222. The van der Waals surface area contributed by atoms with Gasteiger partial charge >= 0.3 is 0 Å². The van der Waals surface area contributed by atoms with Gasteiger partial charge in [-0.15, -0.1) is 0 Å². The molecule has 6 nitrogen and oxygen atoms in total. The summed E-state index contributed by atoms with van der Waals surface area (Å²) in [7, 11) is 0. The van der Waals surface area contributed by atoms with E-state index in [9.17, 15) is 4.39 Å². The SMILES string of the molecule is NC1=NC(c2ccccc2)N(CCCOc2ccc(Cl)c(F)c2)C(N)=N1. The summed E-state index contributed by atoms with van der Waals surface area (Å²) in [6.45, 7) is 0.938. The van der Waals surface area contributed by atoms with Crippen molar-refractivity contribution in [3.05, 3.63) is 64.9 Å². The van der Waals surface area contributed by atoms with Gasteiger partial charge in [0.1, 0.15) is 11.6 Å². The third kappa shape index (κ3) is 4.23. The van der Waals surface area contributed by atoms with Crippen LogP contribution >= 0.6 is 11.6 Å². The first-order valence-corrected chi connectivity index (χ1v) is 8.49. The highest BCUT2D eigenvalue weighted by Gasteiger charge is 2.25. The molecule has 1 aliphatic rings. The highest BCUT2D eigenvalue weighted by molar-refractivity contribution is 6.30. The predicted octanol–water partition coefficient (Wildman–Crippen LogP) is 2.89. The fourth-order valence-corrected chi connectivity index (χ4v) is 2.76. The summed E-state index contributed by atoms with van der Waals surface area (Å²) in [6, 6.07) is 14.1. The van der Waals surface area contributed by atoms with Crippen LogP contribution in [0, 0.1) is 5.82 Å². The molecule has 0 fully saturated rings. The van der Waals surface area contributed by atoms with Gasteiger partial charge in [-0.25, -0.2) is 9.38 Å². The zero-order valence-electron chi connectivity index (χ0n) is 14.0. The van der Waals surface area contributed by atoms with Gasteiger partial charge < -0.3 is 21.1 Å². The smallest absolute Gasteiger partial charge is 0.220 e. The quantitative estimate of drug-likeness (QED) is 0.760. The maximum atomic E-state index is 13.4. The van der Waals surface area contributed by atoms with Gasteiger partial charge in [-0.1, -0.05) is 41.9 Å². The van der Waals surface area contributed by atoms with E-state index in [0.717, 1.165) is 5.56 Å². The van der Waals surface area contributed by atoms with Gasteiger partial charge in [0.25, 0.3) is 0 Å². The molecule has 26 heavy (non-hydrogen) atoms. The molecule has 3 rings (SSSR count). The van der Waals surface area contributed by atoms with Gasteiger partial charge in [-0.05, 0) is 24.1 Å². The van der Waals surface area contributed by atoms with E-state index in [-0.39, 0.29) is 17.1 Å².